The van der Waals surface area contributed by atoms with Crippen molar-refractivity contribution in [2.45, 2.75) is 32.2 Å². The predicted octanol–water partition coefficient (Wildman–Crippen LogP) is 1.43. The Morgan fingerprint density at radius 1 is 1.21 bits per heavy atom. The molecule has 1 fully saturated rings. The average molecular weight is 201 g/mol. The highest BCUT2D eigenvalue weighted by Crippen LogP contribution is 2.24. The van der Waals surface area contributed by atoms with Crippen LogP contribution in [0, 0.1) is 5.92 Å². The zero-order valence-electron chi connectivity index (χ0n) is 9.42. The van der Waals surface area contributed by atoms with Gasteiger partial charge in [0.05, 0.1) is 19.8 Å². The van der Waals surface area contributed by atoms with E-state index >= 15 is 0 Å². The highest BCUT2D eigenvalue weighted by atomic mass is 16.5. The van der Waals surface area contributed by atoms with Gasteiger partial charge in [-0.1, -0.05) is 13.3 Å². The van der Waals surface area contributed by atoms with Gasteiger partial charge >= 0.3 is 0 Å². The Hall–Kier alpha value is -0.120. The van der Waals surface area contributed by atoms with Gasteiger partial charge < -0.3 is 14.8 Å². The average Bonchev–Trinajstić information content (AvgIpc) is 2.58. The molecule has 1 rings (SSSR count). The van der Waals surface area contributed by atoms with E-state index in [1.165, 1.54) is 19.3 Å². The Morgan fingerprint density at radius 3 is 2.71 bits per heavy atom. The van der Waals surface area contributed by atoms with E-state index in [1.54, 1.807) is 7.11 Å². The number of methoxy groups -OCH3 is 1. The molecule has 0 aromatic heterocycles. The van der Waals surface area contributed by atoms with Crippen LogP contribution in [-0.4, -0.2) is 39.5 Å². The lowest BCUT2D eigenvalue weighted by Gasteiger charge is -2.16. The van der Waals surface area contributed by atoms with Crippen LogP contribution in [0.5, 0.6) is 0 Å². The van der Waals surface area contributed by atoms with Crippen molar-refractivity contribution in [1.29, 1.82) is 0 Å². The first kappa shape index (κ1) is 12.0. The van der Waals surface area contributed by atoms with Crippen LogP contribution in [-0.2, 0) is 9.47 Å². The first-order valence-corrected chi connectivity index (χ1v) is 5.64. The van der Waals surface area contributed by atoms with Crippen molar-refractivity contribution in [2.75, 3.05) is 33.5 Å². The Kier molecular flexibility index (Phi) is 6.15. The third-order valence-corrected chi connectivity index (χ3v) is 2.95. The zero-order valence-corrected chi connectivity index (χ0v) is 9.42. The van der Waals surface area contributed by atoms with Crippen LogP contribution >= 0.6 is 0 Å². The molecule has 1 aliphatic carbocycles. The van der Waals surface area contributed by atoms with Gasteiger partial charge in [0, 0.05) is 19.7 Å². The molecule has 0 radical (unpaired) electrons. The van der Waals surface area contributed by atoms with Crippen molar-refractivity contribution in [2.24, 2.45) is 5.92 Å². The Bertz CT molecular complexity index is 141. The third kappa shape index (κ3) is 4.40. The predicted molar refractivity (Wildman–Crippen MR) is 57.5 cm³/mol. The van der Waals surface area contributed by atoms with Crippen LogP contribution in [0.25, 0.3) is 0 Å². The first-order valence-electron chi connectivity index (χ1n) is 5.64. The summed E-state index contributed by atoms with van der Waals surface area (Å²) >= 11 is 0. The maximum absolute atomic E-state index is 5.38. The van der Waals surface area contributed by atoms with E-state index in [0.717, 1.165) is 25.1 Å². The molecule has 0 aromatic carbocycles. The van der Waals surface area contributed by atoms with Gasteiger partial charge in [0.25, 0.3) is 0 Å². The van der Waals surface area contributed by atoms with Crippen molar-refractivity contribution in [1.82, 2.24) is 5.32 Å². The summed E-state index contributed by atoms with van der Waals surface area (Å²) in [5.41, 5.74) is 0. The Labute approximate surface area is 87.2 Å². The van der Waals surface area contributed by atoms with Gasteiger partial charge in [-0.2, -0.15) is 0 Å². The summed E-state index contributed by atoms with van der Waals surface area (Å²) in [6, 6.07) is 0.723. The van der Waals surface area contributed by atoms with Crippen LogP contribution in [0.1, 0.15) is 26.2 Å². The topological polar surface area (TPSA) is 30.5 Å². The second-order valence-electron chi connectivity index (χ2n) is 4.07. The Balaban J connectivity index is 1.88. The van der Waals surface area contributed by atoms with E-state index in [1.807, 2.05) is 0 Å². The lowest BCUT2D eigenvalue weighted by molar-refractivity contribution is 0.0706. The lowest BCUT2D eigenvalue weighted by atomic mass is 10.1. The van der Waals surface area contributed by atoms with Crippen molar-refractivity contribution in [3.63, 3.8) is 0 Å². The molecular weight excluding hydrogens is 178 g/mol. The quantitative estimate of drug-likeness (QED) is 0.632. The molecule has 0 amide bonds. The smallest absolute Gasteiger partial charge is 0.0700 e. The molecular formula is C11H23NO2. The molecule has 0 aliphatic heterocycles. The molecule has 3 heteroatoms. The van der Waals surface area contributed by atoms with E-state index < -0.39 is 0 Å². The van der Waals surface area contributed by atoms with Gasteiger partial charge in [0.1, 0.15) is 0 Å². The monoisotopic (exact) mass is 201 g/mol. The highest BCUT2D eigenvalue weighted by molar-refractivity contribution is 4.79. The maximum Gasteiger partial charge on any atom is 0.0700 e. The molecule has 1 saturated carbocycles. The molecule has 0 saturated heterocycles. The number of ether oxygens (including phenoxy) is 2. The maximum atomic E-state index is 5.38. The van der Waals surface area contributed by atoms with Crippen molar-refractivity contribution in [3.8, 4) is 0 Å². The summed E-state index contributed by atoms with van der Waals surface area (Å²) < 4.78 is 10.3. The second-order valence-corrected chi connectivity index (χ2v) is 4.07. The summed E-state index contributed by atoms with van der Waals surface area (Å²) in [6.45, 7) is 5.50. The fourth-order valence-electron chi connectivity index (χ4n) is 2.01. The molecule has 1 aliphatic rings. The van der Waals surface area contributed by atoms with E-state index in [4.69, 9.17) is 9.47 Å². The van der Waals surface area contributed by atoms with Crippen molar-refractivity contribution in [3.05, 3.63) is 0 Å². The van der Waals surface area contributed by atoms with E-state index in [9.17, 15) is 0 Å². The molecule has 0 heterocycles. The van der Waals surface area contributed by atoms with E-state index in [2.05, 4.69) is 12.2 Å². The summed E-state index contributed by atoms with van der Waals surface area (Å²) in [5, 5.41) is 3.54. The van der Waals surface area contributed by atoms with Gasteiger partial charge in [-0.05, 0) is 18.8 Å². The number of hydrogen-bond acceptors (Lipinski definition) is 3. The summed E-state index contributed by atoms with van der Waals surface area (Å²) in [6.07, 6.45) is 4.09. The first-order chi connectivity index (χ1) is 6.84. The van der Waals surface area contributed by atoms with Crippen LogP contribution in [0.15, 0.2) is 0 Å². The lowest BCUT2D eigenvalue weighted by Crippen LogP contribution is -2.33. The largest absolute Gasteiger partial charge is 0.382 e. The molecule has 84 valence electrons. The van der Waals surface area contributed by atoms with E-state index in [0.29, 0.717) is 13.2 Å². The second kappa shape index (κ2) is 7.21. The van der Waals surface area contributed by atoms with Crippen molar-refractivity contribution < 1.29 is 9.47 Å². The minimum atomic E-state index is 0.694. The molecule has 0 spiro atoms. The molecule has 3 nitrogen and oxygen atoms in total. The third-order valence-electron chi connectivity index (χ3n) is 2.95. The van der Waals surface area contributed by atoms with Crippen LogP contribution in [0.4, 0.5) is 0 Å². The molecule has 0 bridgehead atoms. The molecule has 14 heavy (non-hydrogen) atoms. The molecule has 2 unspecified atom stereocenters. The zero-order chi connectivity index (χ0) is 10.2. The summed E-state index contributed by atoms with van der Waals surface area (Å²) in [7, 11) is 1.70. The van der Waals surface area contributed by atoms with Gasteiger partial charge in [0.15, 0.2) is 0 Å². The van der Waals surface area contributed by atoms with Gasteiger partial charge in [-0.15, -0.1) is 0 Å². The summed E-state index contributed by atoms with van der Waals surface area (Å²) in [5.74, 6) is 0.842. The van der Waals surface area contributed by atoms with Gasteiger partial charge in [0.2, 0.25) is 0 Å². The number of nitrogens with one attached hydrogen (secondary N) is 1. The summed E-state index contributed by atoms with van der Waals surface area (Å²) in [4.78, 5) is 0. The molecule has 0 aromatic rings. The number of rotatable bonds is 7. The minimum Gasteiger partial charge on any atom is -0.382 e. The van der Waals surface area contributed by atoms with Crippen LogP contribution in [0.2, 0.25) is 0 Å². The van der Waals surface area contributed by atoms with Crippen LogP contribution < -0.4 is 5.32 Å². The van der Waals surface area contributed by atoms with Crippen molar-refractivity contribution >= 4 is 0 Å². The normalized spacial score (nSPS) is 27.0. The minimum absolute atomic E-state index is 0.694. The SMILES string of the molecule is COCCOCCNC1CCCC1C. The van der Waals surface area contributed by atoms with E-state index in [-0.39, 0.29) is 0 Å². The number of hydrogen-bond donors (Lipinski definition) is 1. The fourth-order valence-corrected chi connectivity index (χ4v) is 2.01. The highest BCUT2D eigenvalue weighted by Gasteiger charge is 2.21. The standard InChI is InChI=1S/C11H23NO2/c1-10-4-3-5-11(10)12-6-7-14-9-8-13-2/h10-12H,3-9H2,1-2H3. The van der Waals surface area contributed by atoms with Gasteiger partial charge in [-0.3, -0.25) is 0 Å². The fraction of sp³-hybridized carbons (Fsp3) is 1.00. The Morgan fingerprint density at radius 2 is 2.07 bits per heavy atom. The van der Waals surface area contributed by atoms with Crippen LogP contribution in [0.3, 0.4) is 0 Å². The van der Waals surface area contributed by atoms with Gasteiger partial charge in [-0.25, -0.2) is 0 Å². The molecule has 2 atom stereocenters. The molecule has 1 N–H and O–H groups in total.